The van der Waals surface area contributed by atoms with Crippen LogP contribution in [-0.4, -0.2) is 54.5 Å². The second-order valence-electron chi connectivity index (χ2n) is 5.08. The standard InChI is InChI=1S/C12H23N3O/c1-2-14-7-5-10(8-14)9-15-6-3-4-11(13)12(15)16/h10-11H,2-9,13H2,1H3. The molecule has 1 amide bonds. The first-order valence-corrected chi connectivity index (χ1v) is 6.47. The molecule has 2 aliphatic heterocycles. The molecule has 2 N–H and O–H groups in total. The number of likely N-dealkylation sites (tertiary alicyclic amines) is 2. The summed E-state index contributed by atoms with van der Waals surface area (Å²) in [5.41, 5.74) is 5.79. The van der Waals surface area contributed by atoms with Crippen LogP contribution in [0.2, 0.25) is 0 Å². The Kier molecular flexibility index (Phi) is 3.82. The highest BCUT2D eigenvalue weighted by molar-refractivity contribution is 5.82. The van der Waals surface area contributed by atoms with E-state index in [1.54, 1.807) is 0 Å². The number of amides is 1. The van der Waals surface area contributed by atoms with Crippen LogP contribution in [0.15, 0.2) is 0 Å². The molecule has 2 aliphatic rings. The van der Waals surface area contributed by atoms with Gasteiger partial charge in [-0.1, -0.05) is 6.92 Å². The van der Waals surface area contributed by atoms with Gasteiger partial charge in [0.1, 0.15) is 0 Å². The second-order valence-corrected chi connectivity index (χ2v) is 5.08. The molecule has 4 heteroatoms. The number of hydrogen-bond donors (Lipinski definition) is 1. The molecule has 92 valence electrons. The van der Waals surface area contributed by atoms with Crippen LogP contribution in [0.5, 0.6) is 0 Å². The minimum absolute atomic E-state index is 0.168. The van der Waals surface area contributed by atoms with Gasteiger partial charge in [0.15, 0.2) is 0 Å². The highest BCUT2D eigenvalue weighted by Gasteiger charge is 2.29. The lowest BCUT2D eigenvalue weighted by Gasteiger charge is -2.32. The highest BCUT2D eigenvalue weighted by Crippen LogP contribution is 2.19. The zero-order valence-electron chi connectivity index (χ0n) is 10.2. The lowest BCUT2D eigenvalue weighted by molar-refractivity contribution is -0.135. The fourth-order valence-electron chi connectivity index (χ4n) is 2.81. The zero-order valence-corrected chi connectivity index (χ0v) is 10.2. The van der Waals surface area contributed by atoms with Crippen molar-refractivity contribution in [2.24, 2.45) is 11.7 Å². The van der Waals surface area contributed by atoms with Gasteiger partial charge in [-0.15, -0.1) is 0 Å². The van der Waals surface area contributed by atoms with Crippen molar-refractivity contribution >= 4 is 5.91 Å². The lowest BCUT2D eigenvalue weighted by Crippen LogP contribution is -2.49. The first-order chi connectivity index (χ1) is 7.70. The van der Waals surface area contributed by atoms with Crippen LogP contribution in [-0.2, 0) is 4.79 Å². The largest absolute Gasteiger partial charge is 0.341 e. The summed E-state index contributed by atoms with van der Waals surface area (Å²) in [6, 6.07) is -0.238. The monoisotopic (exact) mass is 225 g/mol. The molecule has 2 saturated heterocycles. The smallest absolute Gasteiger partial charge is 0.239 e. The van der Waals surface area contributed by atoms with E-state index >= 15 is 0 Å². The van der Waals surface area contributed by atoms with Gasteiger partial charge in [-0.2, -0.15) is 0 Å². The molecule has 0 bridgehead atoms. The predicted octanol–water partition coefficient (Wildman–Crippen LogP) is 0.278. The van der Waals surface area contributed by atoms with Crippen LogP contribution in [0.25, 0.3) is 0 Å². The van der Waals surface area contributed by atoms with E-state index in [1.807, 2.05) is 4.90 Å². The Balaban J connectivity index is 1.83. The van der Waals surface area contributed by atoms with Gasteiger partial charge in [-0.05, 0) is 38.3 Å². The molecule has 0 aromatic heterocycles. The van der Waals surface area contributed by atoms with E-state index in [9.17, 15) is 4.79 Å². The van der Waals surface area contributed by atoms with Crippen LogP contribution >= 0.6 is 0 Å². The Morgan fingerprint density at radius 3 is 2.88 bits per heavy atom. The summed E-state index contributed by atoms with van der Waals surface area (Å²) in [4.78, 5) is 16.3. The SMILES string of the molecule is CCN1CCC(CN2CCCC(N)C2=O)C1. The molecular weight excluding hydrogens is 202 g/mol. The van der Waals surface area contributed by atoms with Crippen molar-refractivity contribution in [1.29, 1.82) is 0 Å². The summed E-state index contributed by atoms with van der Waals surface area (Å²) in [6.07, 6.45) is 3.16. The molecular formula is C12H23N3O. The molecule has 2 unspecified atom stereocenters. The minimum Gasteiger partial charge on any atom is -0.341 e. The number of carbonyl (C=O) groups is 1. The van der Waals surface area contributed by atoms with Gasteiger partial charge in [-0.25, -0.2) is 0 Å². The molecule has 0 saturated carbocycles. The molecule has 2 heterocycles. The number of nitrogens with zero attached hydrogens (tertiary/aromatic N) is 2. The normalized spacial score (nSPS) is 32.4. The number of carbonyl (C=O) groups excluding carboxylic acids is 1. The molecule has 0 radical (unpaired) electrons. The topological polar surface area (TPSA) is 49.6 Å². The third-order valence-corrected chi connectivity index (χ3v) is 3.87. The van der Waals surface area contributed by atoms with E-state index in [1.165, 1.54) is 13.0 Å². The number of rotatable bonds is 3. The first kappa shape index (κ1) is 11.9. The highest BCUT2D eigenvalue weighted by atomic mass is 16.2. The molecule has 16 heavy (non-hydrogen) atoms. The number of piperidine rings is 1. The van der Waals surface area contributed by atoms with Gasteiger partial charge >= 0.3 is 0 Å². The maximum absolute atomic E-state index is 11.9. The van der Waals surface area contributed by atoms with Crippen molar-refractivity contribution < 1.29 is 4.79 Å². The van der Waals surface area contributed by atoms with E-state index < -0.39 is 0 Å². The van der Waals surface area contributed by atoms with Crippen molar-refractivity contribution in [3.8, 4) is 0 Å². The van der Waals surface area contributed by atoms with Gasteiger partial charge < -0.3 is 15.5 Å². The second kappa shape index (κ2) is 5.15. The van der Waals surface area contributed by atoms with Gasteiger partial charge in [0, 0.05) is 19.6 Å². The van der Waals surface area contributed by atoms with Crippen molar-refractivity contribution in [1.82, 2.24) is 9.80 Å². The third-order valence-electron chi connectivity index (χ3n) is 3.87. The van der Waals surface area contributed by atoms with Crippen LogP contribution in [0, 0.1) is 5.92 Å². The lowest BCUT2D eigenvalue weighted by atomic mass is 10.0. The molecule has 0 spiro atoms. The average molecular weight is 225 g/mol. The summed E-state index contributed by atoms with van der Waals surface area (Å²) in [5, 5.41) is 0. The number of hydrogen-bond acceptors (Lipinski definition) is 3. The Bertz CT molecular complexity index is 257. The Labute approximate surface area is 97.8 Å². The summed E-state index contributed by atoms with van der Waals surface area (Å²) in [5.74, 6) is 0.829. The van der Waals surface area contributed by atoms with Crippen LogP contribution in [0.4, 0.5) is 0 Å². The molecule has 2 fully saturated rings. The van der Waals surface area contributed by atoms with Crippen molar-refractivity contribution in [2.45, 2.75) is 32.2 Å². The quantitative estimate of drug-likeness (QED) is 0.750. The van der Waals surface area contributed by atoms with E-state index in [0.29, 0.717) is 5.92 Å². The number of nitrogens with two attached hydrogens (primary N) is 1. The molecule has 4 nitrogen and oxygen atoms in total. The fourth-order valence-corrected chi connectivity index (χ4v) is 2.81. The van der Waals surface area contributed by atoms with Crippen LogP contribution < -0.4 is 5.73 Å². The predicted molar refractivity (Wildman–Crippen MR) is 64.0 cm³/mol. The van der Waals surface area contributed by atoms with Crippen molar-refractivity contribution in [3.63, 3.8) is 0 Å². The van der Waals surface area contributed by atoms with E-state index in [2.05, 4.69) is 11.8 Å². The fraction of sp³-hybridized carbons (Fsp3) is 0.917. The van der Waals surface area contributed by atoms with E-state index in [0.717, 1.165) is 39.0 Å². The van der Waals surface area contributed by atoms with E-state index in [4.69, 9.17) is 5.73 Å². The van der Waals surface area contributed by atoms with Crippen LogP contribution in [0.3, 0.4) is 0 Å². The average Bonchev–Trinajstić information content (AvgIpc) is 2.73. The molecule has 0 aliphatic carbocycles. The summed E-state index contributed by atoms with van der Waals surface area (Å²) >= 11 is 0. The summed E-state index contributed by atoms with van der Waals surface area (Å²) < 4.78 is 0. The zero-order chi connectivity index (χ0) is 11.5. The molecule has 2 rings (SSSR count). The van der Waals surface area contributed by atoms with Gasteiger partial charge in [0.25, 0.3) is 0 Å². The Hall–Kier alpha value is -0.610. The minimum atomic E-state index is -0.238. The van der Waals surface area contributed by atoms with Crippen molar-refractivity contribution in [3.05, 3.63) is 0 Å². The molecule has 0 aromatic carbocycles. The molecule has 2 atom stereocenters. The van der Waals surface area contributed by atoms with Crippen LogP contribution in [0.1, 0.15) is 26.2 Å². The summed E-state index contributed by atoms with van der Waals surface area (Å²) in [7, 11) is 0. The Morgan fingerprint density at radius 2 is 2.19 bits per heavy atom. The maximum Gasteiger partial charge on any atom is 0.239 e. The third kappa shape index (κ3) is 2.55. The van der Waals surface area contributed by atoms with Gasteiger partial charge in [0.05, 0.1) is 6.04 Å². The van der Waals surface area contributed by atoms with Gasteiger partial charge in [-0.3, -0.25) is 4.79 Å². The van der Waals surface area contributed by atoms with E-state index in [-0.39, 0.29) is 11.9 Å². The Morgan fingerprint density at radius 1 is 1.38 bits per heavy atom. The van der Waals surface area contributed by atoms with Gasteiger partial charge in [0.2, 0.25) is 5.91 Å². The molecule has 0 aromatic rings. The maximum atomic E-state index is 11.9. The first-order valence-electron chi connectivity index (χ1n) is 6.47. The van der Waals surface area contributed by atoms with Crippen molar-refractivity contribution in [2.75, 3.05) is 32.7 Å². The summed E-state index contributed by atoms with van der Waals surface area (Å²) in [6.45, 7) is 7.50.